The van der Waals surface area contributed by atoms with Crippen LogP contribution in [0.1, 0.15) is 104 Å². The first kappa shape index (κ1) is 47.8. The van der Waals surface area contributed by atoms with Crippen LogP contribution in [0.25, 0.3) is 22.3 Å². The van der Waals surface area contributed by atoms with E-state index < -0.39 is 0 Å². The smallest absolute Gasteiger partial charge is 0.0398 e. The number of benzene rings is 5. The molecular formula is C51H64O2W-2. The van der Waals surface area contributed by atoms with Crippen LogP contribution in [0.2, 0.25) is 0 Å². The minimum absolute atomic E-state index is 0.154. The molecule has 288 valence electrons. The Labute approximate surface area is 340 Å². The number of aromatic hydroxyl groups is 2. The van der Waals surface area contributed by atoms with Gasteiger partial charge in [0.2, 0.25) is 0 Å². The summed E-state index contributed by atoms with van der Waals surface area (Å²) in [6.45, 7) is 32.2. The minimum atomic E-state index is -0.154. The number of hydrogen-bond donors (Lipinski definition) is 2. The molecule has 0 aliphatic rings. The number of aryl methyl sites for hydroxylation is 2. The zero-order valence-corrected chi connectivity index (χ0v) is 38.0. The summed E-state index contributed by atoms with van der Waals surface area (Å²) in [5.41, 5.74) is 9.33. The maximum atomic E-state index is 11.1. The first-order valence-electron chi connectivity index (χ1n) is 18.5. The standard InChI is InChI=1S/C27H30O2.2C7H8.C5H12.C5H6.W/c1-17-18(20-13-9-15-22(24(20)28)26(2,3)4)11-8-12-19(17)21-14-10-16-23(25(21)29)27(5,6)7;2*1-7-5-3-2-4-6-7;1-5(2,3)4;1-3-5-4-2;/h1,8-16,28-29H,2-7H3;2*2-6H,1H3;1-4H3;1,3,5H,2H3;/q;;;;-2;. The number of rotatable bonds is 4. The zero-order chi connectivity index (χ0) is 41.1. The topological polar surface area (TPSA) is 40.5 Å². The van der Waals surface area contributed by atoms with Crippen molar-refractivity contribution < 1.29 is 29.6 Å². The summed E-state index contributed by atoms with van der Waals surface area (Å²) in [6, 6.07) is 38.5. The summed E-state index contributed by atoms with van der Waals surface area (Å²) in [6.07, 6.45) is 5.81. The second-order valence-electron chi connectivity index (χ2n) is 16.7. The summed E-state index contributed by atoms with van der Waals surface area (Å²) >= 11 is 1.32. The molecule has 54 heavy (non-hydrogen) atoms. The van der Waals surface area contributed by atoms with Crippen molar-refractivity contribution in [1.82, 2.24) is 0 Å². The Morgan fingerprint density at radius 3 is 1.06 bits per heavy atom. The average Bonchev–Trinajstić information content (AvgIpc) is 3.08. The van der Waals surface area contributed by atoms with Crippen LogP contribution in [0.3, 0.4) is 0 Å². The molecule has 0 spiro atoms. The van der Waals surface area contributed by atoms with Crippen molar-refractivity contribution in [2.24, 2.45) is 5.41 Å². The SMILES string of the molecule is CC(C)(C)C.CC(C)(C)c1cccc(-c2cccc(-c3cccc(C(C)(C)C)c3O)c2[CH]=[W])c1O.Cc1ccccc1.Cc1ccccc1.[CH-]=CC=[C-]C. The third-order valence-electron chi connectivity index (χ3n) is 7.64. The van der Waals surface area contributed by atoms with Crippen molar-refractivity contribution in [1.29, 1.82) is 0 Å². The molecule has 5 rings (SSSR count). The molecule has 5 aromatic rings. The van der Waals surface area contributed by atoms with E-state index in [0.717, 1.165) is 38.9 Å². The molecule has 0 aliphatic heterocycles. The quantitative estimate of drug-likeness (QED) is 0.139. The molecule has 0 saturated heterocycles. The predicted molar refractivity (Wildman–Crippen MR) is 233 cm³/mol. The number of phenols is 2. The molecule has 3 heteroatoms. The van der Waals surface area contributed by atoms with Crippen LogP contribution in [-0.4, -0.2) is 14.6 Å². The molecule has 2 nitrogen and oxygen atoms in total. The minimum Gasteiger partial charge on any atom is -0.394 e. The molecular weight excluding hydrogens is 828 g/mol. The van der Waals surface area contributed by atoms with Gasteiger partial charge in [0.05, 0.1) is 0 Å². The van der Waals surface area contributed by atoms with Gasteiger partial charge in [-0.2, -0.15) is 0 Å². The molecule has 0 unspecified atom stereocenters. The third kappa shape index (κ3) is 17.3. The van der Waals surface area contributed by atoms with E-state index in [4.69, 9.17) is 6.58 Å². The second-order valence-corrected chi connectivity index (χ2v) is 17.6. The summed E-state index contributed by atoms with van der Waals surface area (Å²) in [7, 11) is 0. The fourth-order valence-corrected chi connectivity index (χ4v) is 5.97. The van der Waals surface area contributed by atoms with E-state index in [0.29, 0.717) is 16.9 Å². The summed E-state index contributed by atoms with van der Waals surface area (Å²) < 4.78 is 2.14. The Morgan fingerprint density at radius 1 is 0.519 bits per heavy atom. The van der Waals surface area contributed by atoms with E-state index in [2.05, 4.69) is 118 Å². The van der Waals surface area contributed by atoms with Gasteiger partial charge in [0.25, 0.3) is 0 Å². The molecule has 0 amide bonds. The Bertz CT molecular complexity index is 1760. The molecule has 0 aliphatic carbocycles. The fraction of sp³-hybridized carbons (Fsp3) is 0.314. The molecule has 2 N–H and O–H groups in total. The van der Waals surface area contributed by atoms with E-state index in [-0.39, 0.29) is 10.8 Å². The van der Waals surface area contributed by atoms with Gasteiger partial charge in [0.1, 0.15) is 0 Å². The van der Waals surface area contributed by atoms with Crippen LogP contribution in [0.15, 0.2) is 127 Å². The van der Waals surface area contributed by atoms with Crippen LogP contribution in [-0.2, 0) is 30.2 Å². The maximum Gasteiger partial charge on any atom is -0.0398 e. The van der Waals surface area contributed by atoms with Crippen LogP contribution in [0.5, 0.6) is 11.5 Å². The normalized spacial score (nSPS) is 10.9. The van der Waals surface area contributed by atoms with Crippen molar-refractivity contribution in [3.8, 4) is 33.8 Å². The fourth-order valence-electron chi connectivity index (χ4n) is 5.06. The molecule has 0 fully saturated rings. The molecule has 0 aromatic heterocycles. The van der Waals surface area contributed by atoms with E-state index >= 15 is 0 Å². The van der Waals surface area contributed by atoms with E-state index in [1.807, 2.05) is 91.0 Å². The van der Waals surface area contributed by atoms with Gasteiger partial charge in [-0.25, -0.2) is 0 Å². The van der Waals surface area contributed by atoms with Crippen molar-refractivity contribution in [3.63, 3.8) is 0 Å². The maximum absolute atomic E-state index is 11.1. The van der Waals surface area contributed by atoms with Gasteiger partial charge in [0.15, 0.2) is 0 Å². The van der Waals surface area contributed by atoms with Gasteiger partial charge in [-0.1, -0.05) is 99.5 Å². The number of hydrogen-bond acceptors (Lipinski definition) is 2. The first-order valence-corrected chi connectivity index (χ1v) is 20.2. The Morgan fingerprint density at radius 2 is 0.833 bits per heavy atom. The van der Waals surface area contributed by atoms with Gasteiger partial charge in [0, 0.05) is 0 Å². The van der Waals surface area contributed by atoms with E-state index in [1.165, 1.54) is 36.6 Å². The van der Waals surface area contributed by atoms with Gasteiger partial charge in [-0.05, 0) is 19.3 Å². The van der Waals surface area contributed by atoms with Gasteiger partial charge in [-0.15, -0.1) is 6.92 Å². The Hall–Kier alpha value is -4.26. The third-order valence-corrected chi connectivity index (χ3v) is 8.48. The molecule has 0 heterocycles. The van der Waals surface area contributed by atoms with Crippen molar-refractivity contribution in [2.75, 3.05) is 0 Å². The van der Waals surface area contributed by atoms with Crippen LogP contribution < -0.4 is 0 Å². The summed E-state index contributed by atoms with van der Waals surface area (Å²) in [5.74, 6) is 0.654. The molecule has 0 bridgehead atoms. The average molecular weight is 893 g/mol. The number of allylic oxidation sites excluding steroid dienone is 3. The molecule has 0 radical (unpaired) electrons. The molecule has 0 atom stereocenters. The van der Waals surface area contributed by atoms with Gasteiger partial charge >= 0.3 is 191 Å². The summed E-state index contributed by atoms with van der Waals surface area (Å²) in [4.78, 5) is 0. The number of phenolic OH excluding ortho intramolecular Hbond substituents is 2. The molecule has 0 saturated carbocycles. The second kappa shape index (κ2) is 22.8. The van der Waals surface area contributed by atoms with Crippen LogP contribution in [0.4, 0.5) is 0 Å². The number of para-hydroxylation sites is 2. The van der Waals surface area contributed by atoms with E-state index in [1.54, 1.807) is 13.0 Å². The van der Waals surface area contributed by atoms with Gasteiger partial charge in [-0.3, -0.25) is 0 Å². The van der Waals surface area contributed by atoms with Crippen molar-refractivity contribution >= 4 is 4.40 Å². The summed E-state index contributed by atoms with van der Waals surface area (Å²) in [5, 5.41) is 22.2. The monoisotopic (exact) mass is 892 g/mol. The van der Waals surface area contributed by atoms with Crippen LogP contribution >= 0.6 is 0 Å². The first-order chi connectivity index (χ1) is 25.2. The van der Waals surface area contributed by atoms with Crippen molar-refractivity contribution in [3.05, 3.63) is 168 Å². The van der Waals surface area contributed by atoms with Crippen LogP contribution in [0, 0.1) is 31.9 Å². The van der Waals surface area contributed by atoms with Gasteiger partial charge < -0.3 is 24.8 Å². The largest absolute Gasteiger partial charge is 0.394 e. The Kier molecular flexibility index (Phi) is 20.2. The van der Waals surface area contributed by atoms with Crippen molar-refractivity contribution in [2.45, 2.75) is 101 Å². The zero-order valence-electron chi connectivity index (χ0n) is 35.1. The Balaban J connectivity index is 0.000000485. The van der Waals surface area contributed by atoms with E-state index in [9.17, 15) is 10.2 Å². The predicted octanol–water partition coefficient (Wildman–Crippen LogP) is 14.1. The molecule has 5 aromatic carbocycles.